The fourth-order valence-electron chi connectivity index (χ4n) is 6.29. The van der Waals surface area contributed by atoms with Gasteiger partial charge in [-0.1, -0.05) is 92.7 Å². The van der Waals surface area contributed by atoms with Gasteiger partial charge in [-0.25, -0.2) is 4.79 Å². The molecule has 6 rings (SSSR count). The quantitative estimate of drug-likeness (QED) is 0.0627. The minimum Gasteiger partial charge on any atom is -0.462 e. The molecule has 54 heavy (non-hydrogen) atoms. The number of benzene rings is 4. The first kappa shape index (κ1) is 38.3. The lowest BCUT2D eigenvalue weighted by Gasteiger charge is -2.18. The predicted octanol–water partition coefficient (Wildman–Crippen LogP) is 9.64. The molecule has 8 nitrogen and oxygen atoms in total. The van der Waals surface area contributed by atoms with E-state index < -0.39 is 23.0 Å². The minimum absolute atomic E-state index is 0.0747. The number of carbonyl (C=O) groups excluding carboxylic acids is 4. The number of esters is 1. The van der Waals surface area contributed by atoms with E-state index in [1.54, 1.807) is 49.4 Å². The van der Waals surface area contributed by atoms with Gasteiger partial charge in [0.25, 0.3) is 11.8 Å². The van der Waals surface area contributed by atoms with Crippen molar-refractivity contribution in [1.82, 2.24) is 5.32 Å². The molecule has 0 aliphatic heterocycles. The normalized spacial score (nSPS) is 14.4. The molecular weight excluding hydrogens is 715 g/mol. The molecule has 3 amide bonds. The summed E-state index contributed by atoms with van der Waals surface area (Å²) in [4.78, 5) is 55.7. The molecule has 2 unspecified atom stereocenters. The number of anilines is 2. The van der Waals surface area contributed by atoms with Crippen LogP contribution in [0.25, 0.3) is 17.2 Å². The first-order chi connectivity index (χ1) is 26.2. The highest BCUT2D eigenvalue weighted by Gasteiger charge is 2.30. The molecule has 1 aromatic heterocycles. The van der Waals surface area contributed by atoms with Crippen LogP contribution in [0.1, 0.15) is 70.3 Å². The lowest BCUT2D eigenvalue weighted by molar-refractivity contribution is -0.116. The Hall–Kier alpha value is -5.45. The second-order valence-corrected chi connectivity index (χ2v) is 15.5. The molecular formula is C44H43N3O5S2. The van der Waals surface area contributed by atoms with Crippen molar-refractivity contribution in [3.8, 4) is 11.1 Å². The fraction of sp³-hybridized carbons (Fsp3) is 0.227. The zero-order chi connectivity index (χ0) is 38.0. The number of nitrogens with one attached hydrogen (secondary N) is 3. The number of amides is 3. The number of hydrogen-bond acceptors (Lipinski definition) is 7. The molecule has 1 heterocycles. The van der Waals surface area contributed by atoms with E-state index in [2.05, 4.69) is 22.9 Å². The molecule has 5 aromatic rings. The summed E-state index contributed by atoms with van der Waals surface area (Å²) in [5.41, 5.74) is 5.32. The highest BCUT2D eigenvalue weighted by atomic mass is 32.2. The Bertz CT molecular complexity index is 2150. The van der Waals surface area contributed by atoms with Crippen LogP contribution in [-0.2, 0) is 27.2 Å². The van der Waals surface area contributed by atoms with Crippen molar-refractivity contribution in [3.05, 3.63) is 142 Å². The van der Waals surface area contributed by atoms with Crippen LogP contribution < -0.4 is 16.0 Å². The van der Waals surface area contributed by atoms with E-state index in [-0.39, 0.29) is 18.2 Å². The number of carbonyl (C=O) groups is 4. The average molecular weight is 758 g/mol. The Labute approximate surface area is 324 Å². The molecule has 2 atom stereocenters. The smallest absolute Gasteiger partial charge is 0.341 e. The summed E-state index contributed by atoms with van der Waals surface area (Å²) in [6, 6.07) is 33.7. The van der Waals surface area contributed by atoms with Gasteiger partial charge in [-0.05, 0) is 97.2 Å². The highest BCUT2D eigenvalue weighted by molar-refractivity contribution is 8.00. The maximum Gasteiger partial charge on any atom is 0.341 e. The molecule has 10 heteroatoms. The number of thiophene rings is 1. The number of hydrogen-bond donors (Lipinski definition) is 3. The molecule has 4 aromatic carbocycles. The summed E-state index contributed by atoms with van der Waals surface area (Å²) in [7, 11) is 0. The van der Waals surface area contributed by atoms with Gasteiger partial charge in [0.15, 0.2) is 0 Å². The Morgan fingerprint density at radius 1 is 0.870 bits per heavy atom. The summed E-state index contributed by atoms with van der Waals surface area (Å²) in [5, 5.41) is 8.88. The standard InChI is InChI=1S/C44H43N3O5S2/c1-4-37(42(50)47-43-39(44(51)52-5-2)35-24-19-28(3)25-38(35)54-43)53-34-18-12-17-33(27-34)45-41(49)36(46-40(48)32-15-10-7-11-16-32)26-29-20-22-31(23-21-29)30-13-8-6-9-14-30/h6-18,20-23,26-28,37H,4-5,19,24-25H2,1-3H3,(H,45,49)(H,46,48)(H,47,50)/b36-26+. The van der Waals surface area contributed by atoms with E-state index in [4.69, 9.17) is 4.74 Å². The van der Waals surface area contributed by atoms with Gasteiger partial charge < -0.3 is 20.7 Å². The lowest BCUT2D eigenvalue weighted by atomic mass is 9.88. The molecule has 1 aliphatic rings. The third-order valence-electron chi connectivity index (χ3n) is 9.12. The van der Waals surface area contributed by atoms with Crippen LogP contribution in [0.2, 0.25) is 0 Å². The van der Waals surface area contributed by atoms with Gasteiger partial charge in [-0.15, -0.1) is 23.1 Å². The first-order valence-electron chi connectivity index (χ1n) is 18.2. The van der Waals surface area contributed by atoms with Gasteiger partial charge in [0.1, 0.15) is 10.7 Å². The van der Waals surface area contributed by atoms with Crippen molar-refractivity contribution in [2.45, 2.75) is 56.6 Å². The molecule has 276 valence electrons. The first-order valence-corrected chi connectivity index (χ1v) is 19.9. The van der Waals surface area contributed by atoms with Crippen molar-refractivity contribution < 1.29 is 23.9 Å². The minimum atomic E-state index is -0.499. The highest BCUT2D eigenvalue weighted by Crippen LogP contribution is 2.41. The van der Waals surface area contributed by atoms with Gasteiger partial charge in [-0.2, -0.15) is 0 Å². The summed E-state index contributed by atoms with van der Waals surface area (Å²) in [5.74, 6) is -1.01. The Morgan fingerprint density at radius 2 is 1.57 bits per heavy atom. The molecule has 0 radical (unpaired) electrons. The monoisotopic (exact) mass is 757 g/mol. The van der Waals surface area contributed by atoms with Crippen molar-refractivity contribution in [3.63, 3.8) is 0 Å². The summed E-state index contributed by atoms with van der Waals surface area (Å²) in [6.07, 6.45) is 4.83. The van der Waals surface area contributed by atoms with Gasteiger partial charge in [0.05, 0.1) is 17.4 Å². The Morgan fingerprint density at radius 3 is 2.28 bits per heavy atom. The average Bonchev–Trinajstić information content (AvgIpc) is 3.54. The molecule has 0 bridgehead atoms. The molecule has 0 fully saturated rings. The SMILES string of the molecule is CCOC(=O)c1c(NC(=O)C(CC)Sc2cccc(NC(=O)/C(=C\c3ccc(-c4ccccc4)cc3)NC(=O)c3ccccc3)c2)sc2c1CCC(C)C2. The van der Waals surface area contributed by atoms with Crippen molar-refractivity contribution in [2.75, 3.05) is 17.2 Å². The number of rotatable bonds is 13. The van der Waals surface area contributed by atoms with Crippen LogP contribution in [0, 0.1) is 5.92 Å². The van der Waals surface area contributed by atoms with Crippen LogP contribution in [0.15, 0.2) is 120 Å². The van der Waals surface area contributed by atoms with Crippen molar-refractivity contribution in [2.24, 2.45) is 5.92 Å². The fourth-order valence-corrected chi connectivity index (χ4v) is 8.71. The zero-order valence-corrected chi connectivity index (χ0v) is 32.2. The third-order valence-corrected chi connectivity index (χ3v) is 11.6. The zero-order valence-electron chi connectivity index (χ0n) is 30.5. The summed E-state index contributed by atoms with van der Waals surface area (Å²) >= 11 is 2.85. The maximum atomic E-state index is 13.8. The Balaban J connectivity index is 1.18. The van der Waals surface area contributed by atoms with Crippen molar-refractivity contribution in [1.29, 1.82) is 0 Å². The third kappa shape index (κ3) is 9.55. The second-order valence-electron chi connectivity index (χ2n) is 13.1. The predicted molar refractivity (Wildman–Crippen MR) is 219 cm³/mol. The van der Waals surface area contributed by atoms with E-state index in [0.29, 0.717) is 34.2 Å². The molecule has 0 saturated carbocycles. The molecule has 3 N–H and O–H groups in total. The summed E-state index contributed by atoms with van der Waals surface area (Å²) in [6.45, 7) is 6.18. The van der Waals surface area contributed by atoms with Gasteiger partial charge >= 0.3 is 5.97 Å². The van der Waals surface area contributed by atoms with Gasteiger partial charge in [-0.3, -0.25) is 14.4 Å². The number of thioether (sulfide) groups is 1. The maximum absolute atomic E-state index is 13.8. The van der Waals surface area contributed by atoms with Gasteiger partial charge in [0, 0.05) is 21.0 Å². The summed E-state index contributed by atoms with van der Waals surface area (Å²) < 4.78 is 5.39. The van der Waals surface area contributed by atoms with Crippen molar-refractivity contribution >= 4 is 63.6 Å². The second kappa shape index (κ2) is 18.1. The van der Waals surface area contributed by atoms with Crippen LogP contribution in [0.4, 0.5) is 10.7 Å². The van der Waals surface area contributed by atoms with Crippen LogP contribution in [0.5, 0.6) is 0 Å². The van der Waals surface area contributed by atoms with Crippen LogP contribution in [0.3, 0.4) is 0 Å². The van der Waals surface area contributed by atoms with E-state index >= 15 is 0 Å². The van der Waals surface area contributed by atoms with Gasteiger partial charge in [0.2, 0.25) is 5.91 Å². The van der Waals surface area contributed by atoms with Crippen LogP contribution in [-0.4, -0.2) is 35.5 Å². The van der Waals surface area contributed by atoms with E-state index in [0.717, 1.165) is 51.3 Å². The molecule has 1 aliphatic carbocycles. The largest absolute Gasteiger partial charge is 0.462 e. The van der Waals surface area contributed by atoms with E-state index in [1.807, 2.05) is 79.7 Å². The van der Waals surface area contributed by atoms with Crippen LogP contribution >= 0.6 is 23.1 Å². The Kier molecular flexibility index (Phi) is 12.8. The lowest BCUT2D eigenvalue weighted by Crippen LogP contribution is -2.30. The molecule has 0 saturated heterocycles. The molecule has 0 spiro atoms. The van der Waals surface area contributed by atoms with E-state index in [9.17, 15) is 19.2 Å². The number of fused-ring (bicyclic) bond motifs is 1. The number of ether oxygens (including phenoxy) is 1. The topological polar surface area (TPSA) is 114 Å². The van der Waals surface area contributed by atoms with E-state index in [1.165, 1.54) is 23.1 Å².